The monoisotopic (exact) mass is 485 g/mol. The van der Waals surface area contributed by atoms with E-state index in [4.69, 9.17) is 9.97 Å². The summed E-state index contributed by atoms with van der Waals surface area (Å²) in [5, 5.41) is 3.51. The molecule has 0 fully saturated rings. The first-order valence-electron chi connectivity index (χ1n) is 12.7. The first kappa shape index (κ1) is 22.1. The number of rotatable bonds is 4. The third kappa shape index (κ3) is 3.91. The van der Waals surface area contributed by atoms with Crippen molar-refractivity contribution in [1.29, 1.82) is 0 Å². The fraction of sp³-hybridized carbons (Fsp3) is 0. The number of hydrogen-bond donors (Lipinski definition) is 0. The second-order valence-corrected chi connectivity index (χ2v) is 9.30. The molecular weight excluding hydrogens is 462 g/mol. The molecule has 0 aliphatic rings. The lowest BCUT2D eigenvalue weighted by Gasteiger charge is -2.15. The number of aromatic nitrogens is 3. The van der Waals surface area contributed by atoms with E-state index >= 15 is 0 Å². The van der Waals surface area contributed by atoms with Crippen molar-refractivity contribution < 1.29 is 0 Å². The van der Waals surface area contributed by atoms with Gasteiger partial charge in [0.25, 0.3) is 0 Å². The summed E-state index contributed by atoms with van der Waals surface area (Å²) >= 11 is 0. The Kier molecular flexibility index (Phi) is 5.45. The van der Waals surface area contributed by atoms with Gasteiger partial charge in [0, 0.05) is 39.7 Å². The molecule has 0 radical (unpaired) electrons. The Balaban J connectivity index is 1.44. The first-order valence-corrected chi connectivity index (χ1v) is 12.7. The SMILES string of the molecule is c1ccc(-c2nc3cc(-c4ccc(-c5ccccn5)nc4)ccc3c3c(-c4ccccc4)cccc23)cc1. The predicted molar refractivity (Wildman–Crippen MR) is 157 cm³/mol. The van der Waals surface area contributed by atoms with Gasteiger partial charge < -0.3 is 0 Å². The van der Waals surface area contributed by atoms with Crippen LogP contribution in [0.2, 0.25) is 0 Å². The van der Waals surface area contributed by atoms with Crippen molar-refractivity contribution in [2.45, 2.75) is 0 Å². The van der Waals surface area contributed by atoms with E-state index in [0.717, 1.165) is 50.1 Å². The molecule has 0 aliphatic heterocycles. The van der Waals surface area contributed by atoms with E-state index in [1.807, 2.05) is 36.5 Å². The summed E-state index contributed by atoms with van der Waals surface area (Å²) in [5.41, 5.74) is 9.33. The third-order valence-corrected chi connectivity index (χ3v) is 6.98. The molecule has 3 nitrogen and oxygen atoms in total. The van der Waals surface area contributed by atoms with Crippen molar-refractivity contribution in [2.75, 3.05) is 0 Å². The summed E-state index contributed by atoms with van der Waals surface area (Å²) in [4.78, 5) is 14.3. The molecule has 0 aliphatic carbocycles. The van der Waals surface area contributed by atoms with Gasteiger partial charge in [-0.15, -0.1) is 0 Å². The Hall–Kier alpha value is -5.15. The Labute approximate surface area is 221 Å². The molecule has 0 saturated carbocycles. The van der Waals surface area contributed by atoms with Crippen LogP contribution in [0.4, 0.5) is 0 Å². The van der Waals surface area contributed by atoms with E-state index < -0.39 is 0 Å². The minimum atomic E-state index is 0.859. The molecule has 0 unspecified atom stereocenters. The maximum atomic E-state index is 5.23. The average molecular weight is 486 g/mol. The second-order valence-electron chi connectivity index (χ2n) is 9.30. The number of nitrogens with zero attached hydrogens (tertiary/aromatic N) is 3. The molecule has 3 heteroatoms. The molecule has 7 rings (SSSR count). The molecular formula is C35H23N3. The number of benzene rings is 4. The van der Waals surface area contributed by atoms with Crippen LogP contribution in [0.5, 0.6) is 0 Å². The van der Waals surface area contributed by atoms with Gasteiger partial charge in [0.2, 0.25) is 0 Å². The van der Waals surface area contributed by atoms with E-state index in [9.17, 15) is 0 Å². The molecule has 38 heavy (non-hydrogen) atoms. The summed E-state index contributed by atoms with van der Waals surface area (Å²) in [6.07, 6.45) is 3.71. The lowest BCUT2D eigenvalue weighted by molar-refractivity contribution is 1.25. The number of pyridine rings is 3. The Bertz CT molecular complexity index is 1880. The topological polar surface area (TPSA) is 38.7 Å². The van der Waals surface area contributed by atoms with Crippen molar-refractivity contribution in [3.63, 3.8) is 0 Å². The minimum Gasteiger partial charge on any atom is -0.255 e. The standard InChI is InChI=1S/C35H23N3/c1-3-10-24(11-4-1)28-14-9-15-30-34(28)29-19-17-26(22-33(29)38-35(30)25-12-5-2-6-13-25)27-18-20-32(37-23-27)31-16-7-8-21-36-31/h1-23H. The molecule has 3 aromatic heterocycles. The van der Waals surface area contributed by atoms with Crippen LogP contribution in [0.15, 0.2) is 140 Å². The van der Waals surface area contributed by atoms with Gasteiger partial charge in [-0.3, -0.25) is 9.97 Å². The van der Waals surface area contributed by atoms with E-state index in [-0.39, 0.29) is 0 Å². The van der Waals surface area contributed by atoms with E-state index in [0.29, 0.717) is 0 Å². The largest absolute Gasteiger partial charge is 0.255 e. The molecule has 7 aromatic rings. The zero-order valence-electron chi connectivity index (χ0n) is 20.6. The Morgan fingerprint density at radius 1 is 0.447 bits per heavy atom. The van der Waals surface area contributed by atoms with Crippen molar-refractivity contribution >= 4 is 21.7 Å². The molecule has 0 bridgehead atoms. The lowest BCUT2D eigenvalue weighted by Crippen LogP contribution is -1.93. The summed E-state index contributed by atoms with van der Waals surface area (Å²) in [7, 11) is 0. The van der Waals surface area contributed by atoms with Gasteiger partial charge >= 0.3 is 0 Å². The molecule has 3 heterocycles. The van der Waals surface area contributed by atoms with Crippen LogP contribution >= 0.6 is 0 Å². The van der Waals surface area contributed by atoms with Crippen LogP contribution in [-0.2, 0) is 0 Å². The van der Waals surface area contributed by atoms with E-state index in [2.05, 4.69) is 102 Å². The van der Waals surface area contributed by atoms with Crippen molar-refractivity contribution in [1.82, 2.24) is 15.0 Å². The van der Waals surface area contributed by atoms with Crippen LogP contribution in [0, 0.1) is 0 Å². The van der Waals surface area contributed by atoms with Crippen LogP contribution in [0.3, 0.4) is 0 Å². The minimum absolute atomic E-state index is 0.859. The van der Waals surface area contributed by atoms with Crippen LogP contribution < -0.4 is 0 Å². The highest BCUT2D eigenvalue weighted by Crippen LogP contribution is 2.39. The summed E-state index contributed by atoms with van der Waals surface area (Å²) in [5.74, 6) is 0. The van der Waals surface area contributed by atoms with Gasteiger partial charge in [-0.25, -0.2) is 4.98 Å². The van der Waals surface area contributed by atoms with Crippen LogP contribution in [0.25, 0.3) is 66.6 Å². The molecule has 0 saturated heterocycles. The molecule has 0 N–H and O–H groups in total. The average Bonchev–Trinajstić information content (AvgIpc) is 3.01. The van der Waals surface area contributed by atoms with Crippen LogP contribution in [-0.4, -0.2) is 15.0 Å². The van der Waals surface area contributed by atoms with Gasteiger partial charge in [0.05, 0.1) is 22.6 Å². The maximum Gasteiger partial charge on any atom is 0.0886 e. The van der Waals surface area contributed by atoms with Crippen molar-refractivity contribution in [3.05, 3.63) is 140 Å². The van der Waals surface area contributed by atoms with Crippen molar-refractivity contribution in [2.24, 2.45) is 0 Å². The molecule has 178 valence electrons. The quantitative estimate of drug-likeness (QED) is 0.234. The highest BCUT2D eigenvalue weighted by molar-refractivity contribution is 6.17. The van der Waals surface area contributed by atoms with E-state index in [1.54, 1.807) is 6.20 Å². The van der Waals surface area contributed by atoms with Crippen LogP contribution in [0.1, 0.15) is 0 Å². The van der Waals surface area contributed by atoms with Gasteiger partial charge in [0.15, 0.2) is 0 Å². The molecule has 0 amide bonds. The highest BCUT2D eigenvalue weighted by Gasteiger charge is 2.15. The van der Waals surface area contributed by atoms with Crippen molar-refractivity contribution in [3.8, 4) is 44.9 Å². The molecule has 4 aromatic carbocycles. The summed E-state index contributed by atoms with van der Waals surface area (Å²) in [6, 6.07) is 44.1. The summed E-state index contributed by atoms with van der Waals surface area (Å²) in [6.45, 7) is 0. The smallest absolute Gasteiger partial charge is 0.0886 e. The maximum absolute atomic E-state index is 5.23. The van der Waals surface area contributed by atoms with Gasteiger partial charge in [0.1, 0.15) is 0 Å². The highest BCUT2D eigenvalue weighted by atomic mass is 14.8. The Morgan fingerprint density at radius 3 is 1.92 bits per heavy atom. The molecule has 0 atom stereocenters. The second kappa shape index (κ2) is 9.38. The fourth-order valence-electron chi connectivity index (χ4n) is 5.14. The predicted octanol–water partition coefficient (Wildman–Crippen LogP) is 8.85. The normalized spacial score (nSPS) is 11.2. The fourth-order valence-corrected chi connectivity index (χ4v) is 5.14. The summed E-state index contributed by atoms with van der Waals surface area (Å²) < 4.78 is 0. The number of fused-ring (bicyclic) bond motifs is 3. The Morgan fingerprint density at radius 2 is 1.18 bits per heavy atom. The first-order chi connectivity index (χ1) is 18.8. The molecule has 0 spiro atoms. The van der Waals surface area contributed by atoms with E-state index in [1.165, 1.54) is 16.5 Å². The number of hydrogen-bond acceptors (Lipinski definition) is 3. The van der Waals surface area contributed by atoms with Gasteiger partial charge in [-0.05, 0) is 41.0 Å². The zero-order valence-corrected chi connectivity index (χ0v) is 20.6. The zero-order chi connectivity index (χ0) is 25.3. The lowest BCUT2D eigenvalue weighted by atomic mass is 9.92. The van der Waals surface area contributed by atoms with Gasteiger partial charge in [-0.1, -0.05) is 103 Å². The third-order valence-electron chi connectivity index (χ3n) is 6.98. The van der Waals surface area contributed by atoms with Gasteiger partial charge in [-0.2, -0.15) is 0 Å².